The molecule has 0 aliphatic carbocycles. The molecular formula is C20H25FN4O2. The van der Waals surface area contributed by atoms with Gasteiger partial charge in [0, 0.05) is 12.2 Å². The number of nitrogens with zero attached hydrogens (tertiary/aromatic N) is 1. The van der Waals surface area contributed by atoms with Crippen molar-refractivity contribution < 1.29 is 14.3 Å². The maximum atomic E-state index is 13.8. The number of amides is 1. The molecule has 0 heterocycles. The maximum Gasteiger partial charge on any atom is 0.246 e. The summed E-state index contributed by atoms with van der Waals surface area (Å²) in [6.07, 6.45) is 0. The lowest BCUT2D eigenvalue weighted by Crippen LogP contribution is -2.39. The molecule has 27 heavy (non-hydrogen) atoms. The van der Waals surface area contributed by atoms with Gasteiger partial charge >= 0.3 is 0 Å². The van der Waals surface area contributed by atoms with Crippen LogP contribution in [0.5, 0.6) is 5.75 Å². The molecule has 2 rings (SSSR count). The van der Waals surface area contributed by atoms with Gasteiger partial charge in [-0.3, -0.25) is 4.79 Å². The number of anilines is 1. The van der Waals surface area contributed by atoms with Crippen LogP contribution in [0.1, 0.15) is 31.0 Å². The number of carbonyl (C=O) groups excluding carboxylic acids is 1. The molecule has 0 aliphatic rings. The van der Waals surface area contributed by atoms with Gasteiger partial charge in [-0.2, -0.15) is 0 Å². The van der Waals surface area contributed by atoms with Crippen LogP contribution in [0, 0.1) is 12.7 Å². The van der Waals surface area contributed by atoms with Gasteiger partial charge < -0.3 is 21.1 Å². The average molecular weight is 372 g/mol. The zero-order valence-corrected chi connectivity index (χ0v) is 15.7. The Morgan fingerprint density at radius 1 is 1.22 bits per heavy atom. The lowest BCUT2D eigenvalue weighted by molar-refractivity contribution is -0.114. The first-order valence-corrected chi connectivity index (χ1v) is 8.78. The summed E-state index contributed by atoms with van der Waals surface area (Å²) in [5.74, 6) is 0.0568. The number of phenols is 1. The standard InChI is InChI=1S/C20H25FN4O2/c1-4-22-20(24-14(3)15-6-5-13(2)18(21)11-15)23-12-19(27)25-16-7-9-17(26)10-8-16/h5-11,14,26H,4,12H2,1-3H3,(H,25,27)(H2,22,23,24). The Labute approximate surface area is 158 Å². The fourth-order valence-electron chi connectivity index (χ4n) is 2.38. The highest BCUT2D eigenvalue weighted by molar-refractivity contribution is 5.94. The quantitative estimate of drug-likeness (QED) is 0.357. The summed E-state index contributed by atoms with van der Waals surface area (Å²) in [5, 5.41) is 18.2. The van der Waals surface area contributed by atoms with E-state index < -0.39 is 0 Å². The second kappa shape index (κ2) is 9.56. The SMILES string of the molecule is CCNC(=NCC(=O)Nc1ccc(O)cc1)NC(C)c1ccc(C)c(F)c1. The van der Waals surface area contributed by atoms with Gasteiger partial charge in [-0.15, -0.1) is 0 Å². The van der Waals surface area contributed by atoms with Gasteiger partial charge in [0.2, 0.25) is 5.91 Å². The summed E-state index contributed by atoms with van der Waals surface area (Å²) < 4.78 is 13.8. The largest absolute Gasteiger partial charge is 0.508 e. The van der Waals surface area contributed by atoms with Crippen LogP contribution >= 0.6 is 0 Å². The second-order valence-corrected chi connectivity index (χ2v) is 6.16. The van der Waals surface area contributed by atoms with Crippen molar-refractivity contribution in [3.63, 3.8) is 0 Å². The van der Waals surface area contributed by atoms with Crippen LogP contribution in [-0.2, 0) is 4.79 Å². The van der Waals surface area contributed by atoms with Gasteiger partial charge in [-0.25, -0.2) is 9.38 Å². The number of carbonyl (C=O) groups is 1. The van der Waals surface area contributed by atoms with E-state index in [1.165, 1.54) is 18.2 Å². The van der Waals surface area contributed by atoms with Crippen molar-refractivity contribution in [2.24, 2.45) is 4.99 Å². The van der Waals surface area contributed by atoms with E-state index in [1.807, 2.05) is 19.9 Å². The van der Waals surface area contributed by atoms with Gasteiger partial charge in [0.1, 0.15) is 18.1 Å². The second-order valence-electron chi connectivity index (χ2n) is 6.16. The third-order valence-electron chi connectivity index (χ3n) is 3.93. The minimum atomic E-state index is -0.285. The molecule has 1 unspecified atom stereocenters. The molecule has 0 aliphatic heterocycles. The van der Waals surface area contributed by atoms with Gasteiger partial charge in [-0.1, -0.05) is 12.1 Å². The molecule has 0 saturated heterocycles. The van der Waals surface area contributed by atoms with E-state index in [-0.39, 0.29) is 30.1 Å². The Morgan fingerprint density at radius 2 is 1.93 bits per heavy atom. The van der Waals surface area contributed by atoms with Crippen LogP contribution in [-0.4, -0.2) is 30.1 Å². The molecular weight excluding hydrogens is 347 g/mol. The number of benzene rings is 2. The van der Waals surface area contributed by atoms with Gasteiger partial charge in [0.15, 0.2) is 5.96 Å². The summed E-state index contributed by atoms with van der Waals surface area (Å²) >= 11 is 0. The molecule has 0 aromatic heterocycles. The highest BCUT2D eigenvalue weighted by Crippen LogP contribution is 2.16. The van der Waals surface area contributed by atoms with Crippen molar-refractivity contribution in [3.05, 3.63) is 59.4 Å². The average Bonchev–Trinajstić information content (AvgIpc) is 2.64. The fraction of sp³-hybridized carbons (Fsp3) is 0.300. The van der Waals surface area contributed by atoms with Crippen LogP contribution in [0.2, 0.25) is 0 Å². The monoisotopic (exact) mass is 372 g/mol. The molecule has 1 amide bonds. The molecule has 0 bridgehead atoms. The van der Waals surface area contributed by atoms with Crippen molar-refractivity contribution in [2.45, 2.75) is 26.8 Å². The van der Waals surface area contributed by atoms with Crippen molar-refractivity contribution >= 4 is 17.6 Å². The van der Waals surface area contributed by atoms with Crippen LogP contribution in [0.4, 0.5) is 10.1 Å². The van der Waals surface area contributed by atoms with E-state index in [0.717, 1.165) is 5.56 Å². The third-order valence-corrected chi connectivity index (χ3v) is 3.93. The third kappa shape index (κ3) is 6.29. The minimum absolute atomic E-state index is 0.0782. The normalized spacial score (nSPS) is 12.4. The number of phenolic OH excluding ortho intramolecular Hbond substituents is 1. The number of aliphatic imine (C=N–C) groups is 1. The molecule has 0 saturated carbocycles. The zero-order valence-electron chi connectivity index (χ0n) is 15.7. The molecule has 0 radical (unpaired) electrons. The van der Waals surface area contributed by atoms with Crippen LogP contribution in [0.3, 0.4) is 0 Å². The smallest absolute Gasteiger partial charge is 0.246 e. The van der Waals surface area contributed by atoms with Crippen molar-refractivity contribution in [1.29, 1.82) is 0 Å². The molecule has 144 valence electrons. The molecule has 6 nitrogen and oxygen atoms in total. The Morgan fingerprint density at radius 3 is 2.56 bits per heavy atom. The van der Waals surface area contributed by atoms with E-state index >= 15 is 0 Å². The summed E-state index contributed by atoms with van der Waals surface area (Å²) in [6.45, 7) is 6.08. The number of hydrogen-bond donors (Lipinski definition) is 4. The lowest BCUT2D eigenvalue weighted by Gasteiger charge is -2.18. The number of rotatable bonds is 6. The summed E-state index contributed by atoms with van der Waals surface area (Å²) in [7, 11) is 0. The Bertz CT molecular complexity index is 806. The number of guanidine groups is 1. The first-order chi connectivity index (χ1) is 12.9. The van der Waals surface area contributed by atoms with Gasteiger partial charge in [0.25, 0.3) is 0 Å². The first-order valence-electron chi connectivity index (χ1n) is 8.78. The highest BCUT2D eigenvalue weighted by Gasteiger charge is 2.10. The van der Waals surface area contributed by atoms with E-state index in [2.05, 4.69) is 20.9 Å². The Hall–Kier alpha value is -3.09. The summed E-state index contributed by atoms with van der Waals surface area (Å²) in [4.78, 5) is 16.3. The predicted molar refractivity (Wildman–Crippen MR) is 105 cm³/mol. The van der Waals surface area contributed by atoms with E-state index in [4.69, 9.17) is 0 Å². The highest BCUT2D eigenvalue weighted by atomic mass is 19.1. The number of hydrogen-bond acceptors (Lipinski definition) is 3. The molecule has 4 N–H and O–H groups in total. The molecule has 1 atom stereocenters. The minimum Gasteiger partial charge on any atom is -0.508 e. The molecule has 7 heteroatoms. The molecule has 0 spiro atoms. The summed E-state index contributed by atoms with van der Waals surface area (Å²) in [6, 6.07) is 11.1. The number of nitrogens with one attached hydrogen (secondary N) is 3. The molecule has 0 fully saturated rings. The van der Waals surface area contributed by atoms with Crippen LogP contribution in [0.25, 0.3) is 0 Å². The lowest BCUT2D eigenvalue weighted by atomic mass is 10.1. The zero-order chi connectivity index (χ0) is 19.8. The Kier molecular flexibility index (Phi) is 7.16. The van der Waals surface area contributed by atoms with Crippen molar-refractivity contribution in [3.8, 4) is 5.75 Å². The summed E-state index contributed by atoms with van der Waals surface area (Å²) in [5.41, 5.74) is 1.96. The topological polar surface area (TPSA) is 85.8 Å². The molecule has 2 aromatic carbocycles. The van der Waals surface area contributed by atoms with Gasteiger partial charge in [0.05, 0.1) is 6.04 Å². The van der Waals surface area contributed by atoms with Gasteiger partial charge in [-0.05, 0) is 62.2 Å². The van der Waals surface area contributed by atoms with E-state index in [0.29, 0.717) is 23.8 Å². The van der Waals surface area contributed by atoms with Crippen LogP contribution in [0.15, 0.2) is 47.5 Å². The van der Waals surface area contributed by atoms with Crippen molar-refractivity contribution in [2.75, 3.05) is 18.4 Å². The van der Waals surface area contributed by atoms with E-state index in [1.54, 1.807) is 25.1 Å². The predicted octanol–water partition coefficient (Wildman–Crippen LogP) is 3.09. The number of aryl methyl sites for hydroxylation is 1. The van der Waals surface area contributed by atoms with Crippen molar-refractivity contribution in [1.82, 2.24) is 10.6 Å². The van der Waals surface area contributed by atoms with E-state index in [9.17, 15) is 14.3 Å². The van der Waals surface area contributed by atoms with Crippen LogP contribution < -0.4 is 16.0 Å². The fourth-order valence-corrected chi connectivity index (χ4v) is 2.38. The number of halogens is 1. The molecule has 2 aromatic rings. The Balaban J connectivity index is 1.98. The first kappa shape index (κ1) is 20.2. The number of aromatic hydroxyl groups is 1. The maximum absolute atomic E-state index is 13.8.